The summed E-state index contributed by atoms with van der Waals surface area (Å²) in [7, 11) is 1.66. The van der Waals surface area contributed by atoms with Crippen LogP contribution in [0.4, 0.5) is 26.3 Å². The highest BCUT2D eigenvalue weighted by Crippen LogP contribution is 2.38. The van der Waals surface area contributed by atoms with E-state index in [4.69, 9.17) is 4.74 Å². The van der Waals surface area contributed by atoms with E-state index in [-0.39, 0.29) is 24.1 Å². The number of alkyl halides is 6. The second kappa shape index (κ2) is 11.5. The molecule has 2 aliphatic rings. The molecule has 3 aromatic rings. The first-order chi connectivity index (χ1) is 19.4. The van der Waals surface area contributed by atoms with Gasteiger partial charge in [-0.2, -0.15) is 36.4 Å². The summed E-state index contributed by atoms with van der Waals surface area (Å²) in [6.45, 7) is 1.78. The summed E-state index contributed by atoms with van der Waals surface area (Å²) >= 11 is 1.23. The SMILES string of the molecule is COCC1CC(CNC2=NC(=O)C(=Cc3ccc4c(cnn4Cc4ccc(C(F)(F)F)cc4C(F)(F)F)c3)S2)CN1. The minimum atomic E-state index is -4.97. The molecule has 218 valence electrons. The number of amidine groups is 1. The number of ether oxygens (including phenoxy) is 1. The average Bonchev–Trinajstić information content (AvgIpc) is 3.61. The van der Waals surface area contributed by atoms with Crippen LogP contribution in [0.15, 0.2) is 52.5 Å². The Morgan fingerprint density at radius 2 is 1.95 bits per heavy atom. The van der Waals surface area contributed by atoms with Gasteiger partial charge in [0.15, 0.2) is 5.17 Å². The van der Waals surface area contributed by atoms with E-state index in [1.54, 1.807) is 31.4 Å². The van der Waals surface area contributed by atoms with Crippen molar-refractivity contribution in [3.63, 3.8) is 0 Å². The monoisotopic (exact) mass is 597 g/mol. The van der Waals surface area contributed by atoms with Crippen LogP contribution in [-0.4, -0.2) is 53.7 Å². The van der Waals surface area contributed by atoms with Crippen molar-refractivity contribution in [3.05, 3.63) is 69.8 Å². The van der Waals surface area contributed by atoms with Crippen LogP contribution < -0.4 is 10.6 Å². The molecule has 0 aliphatic carbocycles. The first-order valence-corrected chi connectivity index (χ1v) is 13.4. The number of nitrogens with one attached hydrogen (secondary N) is 2. The number of amides is 1. The van der Waals surface area contributed by atoms with Gasteiger partial charge in [0.1, 0.15) is 0 Å². The fourth-order valence-corrected chi connectivity index (χ4v) is 5.71. The molecule has 0 radical (unpaired) electrons. The van der Waals surface area contributed by atoms with E-state index in [1.165, 1.54) is 22.6 Å². The predicted octanol–water partition coefficient (Wildman–Crippen LogP) is 5.31. The van der Waals surface area contributed by atoms with Gasteiger partial charge in [-0.3, -0.25) is 9.48 Å². The molecule has 2 aliphatic heterocycles. The number of hydrogen-bond donors (Lipinski definition) is 2. The van der Waals surface area contributed by atoms with Gasteiger partial charge in [0.2, 0.25) is 0 Å². The van der Waals surface area contributed by atoms with E-state index in [0.717, 1.165) is 19.0 Å². The lowest BCUT2D eigenvalue weighted by Gasteiger charge is -2.16. The highest BCUT2D eigenvalue weighted by Gasteiger charge is 2.38. The zero-order chi connectivity index (χ0) is 29.4. The third-order valence-corrected chi connectivity index (χ3v) is 7.81. The smallest absolute Gasteiger partial charge is 0.383 e. The maximum absolute atomic E-state index is 13.6. The number of thioether (sulfide) groups is 1. The number of nitrogens with zero attached hydrogens (tertiary/aromatic N) is 3. The lowest BCUT2D eigenvalue weighted by atomic mass is 10.0. The number of aliphatic imine (C=N–C) groups is 1. The number of carbonyl (C=O) groups excluding carboxylic acids is 1. The molecule has 41 heavy (non-hydrogen) atoms. The molecular formula is C27H25F6N5O2S. The Bertz CT molecular complexity index is 1510. The number of hydrogen-bond acceptors (Lipinski definition) is 6. The zero-order valence-electron chi connectivity index (χ0n) is 21.6. The van der Waals surface area contributed by atoms with Crippen molar-refractivity contribution in [2.24, 2.45) is 10.9 Å². The van der Waals surface area contributed by atoms with Crippen molar-refractivity contribution in [2.45, 2.75) is 31.4 Å². The van der Waals surface area contributed by atoms with Crippen molar-refractivity contribution in [3.8, 4) is 0 Å². The van der Waals surface area contributed by atoms with E-state index < -0.39 is 23.5 Å². The minimum absolute atomic E-state index is 0.121. The van der Waals surface area contributed by atoms with Gasteiger partial charge in [-0.05, 0) is 65.6 Å². The molecule has 1 amide bonds. The molecule has 1 saturated heterocycles. The van der Waals surface area contributed by atoms with Gasteiger partial charge in [0.05, 0.1) is 40.9 Å². The number of benzene rings is 2. The number of carbonyl (C=O) groups is 1. The van der Waals surface area contributed by atoms with E-state index in [1.807, 2.05) is 0 Å². The fraction of sp³-hybridized carbons (Fsp3) is 0.370. The number of rotatable bonds is 7. The summed E-state index contributed by atoms with van der Waals surface area (Å²) in [5.74, 6) is 0.00685. The molecule has 7 nitrogen and oxygen atoms in total. The molecule has 2 atom stereocenters. The van der Waals surface area contributed by atoms with Gasteiger partial charge in [-0.25, -0.2) is 0 Å². The average molecular weight is 598 g/mol. The van der Waals surface area contributed by atoms with E-state index >= 15 is 0 Å². The van der Waals surface area contributed by atoms with Gasteiger partial charge >= 0.3 is 12.4 Å². The first-order valence-electron chi connectivity index (χ1n) is 12.6. The molecule has 14 heteroatoms. The number of aromatic nitrogens is 2. The van der Waals surface area contributed by atoms with Crippen molar-refractivity contribution >= 4 is 39.8 Å². The number of halogens is 6. The third kappa shape index (κ3) is 6.76. The highest BCUT2D eigenvalue weighted by molar-refractivity contribution is 8.18. The van der Waals surface area contributed by atoms with Crippen LogP contribution >= 0.6 is 11.8 Å². The van der Waals surface area contributed by atoms with Gasteiger partial charge in [-0.1, -0.05) is 12.1 Å². The second-order valence-electron chi connectivity index (χ2n) is 9.86. The lowest BCUT2D eigenvalue weighted by molar-refractivity contribution is -0.143. The van der Waals surface area contributed by atoms with Gasteiger partial charge in [-0.15, -0.1) is 0 Å². The Kier molecular flexibility index (Phi) is 8.17. The van der Waals surface area contributed by atoms with E-state index in [9.17, 15) is 31.1 Å². The van der Waals surface area contributed by atoms with Crippen LogP contribution in [0, 0.1) is 5.92 Å². The molecule has 1 aromatic heterocycles. The van der Waals surface area contributed by atoms with Crippen molar-refractivity contribution in [1.82, 2.24) is 20.4 Å². The maximum atomic E-state index is 13.6. The largest absolute Gasteiger partial charge is 0.416 e. The number of fused-ring (bicyclic) bond motifs is 1. The van der Waals surface area contributed by atoms with Crippen LogP contribution in [0.5, 0.6) is 0 Å². The van der Waals surface area contributed by atoms with Gasteiger partial charge in [0.25, 0.3) is 5.91 Å². The molecule has 0 spiro atoms. The summed E-state index contributed by atoms with van der Waals surface area (Å²) in [6.07, 6.45) is -5.79. The van der Waals surface area contributed by atoms with Crippen molar-refractivity contribution in [2.75, 3.05) is 26.8 Å². The van der Waals surface area contributed by atoms with Crippen molar-refractivity contribution < 1.29 is 35.9 Å². The molecule has 2 unspecified atom stereocenters. The number of methoxy groups -OCH3 is 1. The topological polar surface area (TPSA) is 80.5 Å². The Labute approximate surface area is 235 Å². The molecule has 3 heterocycles. The fourth-order valence-electron chi connectivity index (χ4n) is 4.89. The molecule has 5 rings (SSSR count). The van der Waals surface area contributed by atoms with E-state index in [0.29, 0.717) is 57.7 Å². The first kappa shape index (κ1) is 29.1. The quantitative estimate of drug-likeness (QED) is 0.284. The Balaban J connectivity index is 1.27. The third-order valence-electron chi connectivity index (χ3n) is 6.87. The normalized spacial score (nSPS) is 20.8. The summed E-state index contributed by atoms with van der Waals surface area (Å²) in [5, 5.41) is 11.9. The molecule has 2 N–H and O–H groups in total. The van der Waals surface area contributed by atoms with Crippen LogP contribution in [0.3, 0.4) is 0 Å². The second-order valence-corrected chi connectivity index (χ2v) is 10.9. The van der Waals surface area contributed by atoms with Crippen LogP contribution in [0.1, 0.15) is 28.7 Å². The Morgan fingerprint density at radius 1 is 1.15 bits per heavy atom. The predicted molar refractivity (Wildman–Crippen MR) is 143 cm³/mol. The summed E-state index contributed by atoms with van der Waals surface area (Å²) in [5.41, 5.74) is -1.92. The van der Waals surface area contributed by atoms with E-state index in [2.05, 4.69) is 20.7 Å². The Morgan fingerprint density at radius 3 is 2.68 bits per heavy atom. The Hall–Kier alpha value is -3.36. The highest BCUT2D eigenvalue weighted by atomic mass is 32.2. The zero-order valence-corrected chi connectivity index (χ0v) is 22.5. The summed E-state index contributed by atoms with van der Waals surface area (Å²) in [6, 6.07) is 6.93. The summed E-state index contributed by atoms with van der Waals surface area (Å²) < 4.78 is 86.3. The van der Waals surface area contributed by atoms with Crippen LogP contribution in [-0.2, 0) is 28.4 Å². The lowest BCUT2D eigenvalue weighted by Crippen LogP contribution is -2.27. The van der Waals surface area contributed by atoms with Crippen molar-refractivity contribution in [1.29, 1.82) is 0 Å². The standard InChI is InChI=1S/C27H25F6N5O2S/c1-40-14-20-7-16(10-34-20)11-35-25-37-24(39)23(41-25)8-15-2-5-22-18(6-15)12-36-38(22)13-17-3-4-19(26(28,29)30)9-21(17)27(31,32)33/h2-6,8-9,12,16,20,34H,7,10-11,13-14H2,1H3,(H,35,37,39). The van der Waals surface area contributed by atoms with Gasteiger partial charge < -0.3 is 15.4 Å². The molecule has 0 saturated carbocycles. The molecule has 1 fully saturated rings. The minimum Gasteiger partial charge on any atom is -0.383 e. The summed E-state index contributed by atoms with van der Waals surface area (Å²) in [4.78, 5) is 17.0. The van der Waals surface area contributed by atoms with Gasteiger partial charge in [0, 0.05) is 31.6 Å². The molecule has 2 aromatic carbocycles. The molecular weight excluding hydrogens is 572 g/mol. The van der Waals surface area contributed by atoms with Crippen LogP contribution in [0.2, 0.25) is 0 Å². The molecule has 0 bridgehead atoms. The van der Waals surface area contributed by atoms with Crippen LogP contribution in [0.25, 0.3) is 17.0 Å². The maximum Gasteiger partial charge on any atom is 0.416 e.